The van der Waals surface area contributed by atoms with Gasteiger partial charge in [0.05, 0.1) is 0 Å². The number of hydrogen-bond acceptors (Lipinski definition) is 0. The number of benzene rings is 2. The van der Waals surface area contributed by atoms with Gasteiger partial charge >= 0.3 is 0 Å². The van der Waals surface area contributed by atoms with Crippen LogP contribution in [0, 0.1) is 0 Å². The molecule has 0 heterocycles. The predicted molar refractivity (Wildman–Crippen MR) is 74.4 cm³/mol. The molecule has 0 nitrogen and oxygen atoms in total. The van der Waals surface area contributed by atoms with Crippen molar-refractivity contribution >= 4 is 0 Å². The summed E-state index contributed by atoms with van der Waals surface area (Å²) in [6.07, 6.45) is 1.02. The monoisotopic (exact) mass is 224 g/mol. The molecule has 88 valence electrons. The fourth-order valence-corrected chi connectivity index (χ4v) is 2.22. The van der Waals surface area contributed by atoms with E-state index in [1.165, 1.54) is 16.7 Å². The highest BCUT2D eigenvalue weighted by Gasteiger charge is 2.16. The Morgan fingerprint density at radius 1 is 0.765 bits per heavy atom. The van der Waals surface area contributed by atoms with Crippen molar-refractivity contribution in [2.24, 2.45) is 0 Å². The topological polar surface area (TPSA) is 0 Å². The van der Waals surface area contributed by atoms with Crippen molar-refractivity contribution in [3.8, 4) is 0 Å². The Morgan fingerprint density at radius 3 is 2.00 bits per heavy atom. The molecule has 2 rings (SSSR count). The second-order valence-electron chi connectivity index (χ2n) is 5.57. The van der Waals surface area contributed by atoms with Gasteiger partial charge < -0.3 is 0 Å². The number of rotatable bonds is 2. The maximum absolute atomic E-state index is 2.27. The van der Waals surface area contributed by atoms with Crippen molar-refractivity contribution < 1.29 is 0 Å². The normalized spacial score (nSPS) is 11.5. The lowest BCUT2D eigenvalue weighted by atomic mass is 9.82. The molecule has 0 saturated heterocycles. The molecule has 0 aliphatic heterocycles. The summed E-state index contributed by atoms with van der Waals surface area (Å²) in [7, 11) is 0. The zero-order chi connectivity index (χ0) is 12.3. The Morgan fingerprint density at radius 2 is 1.35 bits per heavy atom. The van der Waals surface area contributed by atoms with E-state index in [4.69, 9.17) is 0 Å². The fraction of sp³-hybridized carbons (Fsp3) is 0.294. The Hall–Kier alpha value is -1.56. The predicted octanol–water partition coefficient (Wildman–Crippen LogP) is 4.57. The van der Waals surface area contributed by atoms with E-state index in [9.17, 15) is 0 Å². The molecule has 0 atom stereocenters. The van der Waals surface area contributed by atoms with Crippen molar-refractivity contribution in [1.29, 1.82) is 0 Å². The molecule has 2 aromatic carbocycles. The van der Waals surface area contributed by atoms with Crippen LogP contribution in [-0.2, 0) is 11.8 Å². The minimum atomic E-state index is 0.214. The molecule has 0 bridgehead atoms. The lowest BCUT2D eigenvalue weighted by Crippen LogP contribution is -2.14. The Balaban J connectivity index is 2.34. The third-order valence-electron chi connectivity index (χ3n) is 3.06. The molecule has 0 amide bonds. The molecule has 0 aliphatic carbocycles. The standard InChI is InChI=1S/C17H20/c1-17(2,3)16-12-8-7-11-15(16)13-14-9-5-4-6-10-14/h4-12H,13H2,1-3H3. The average molecular weight is 224 g/mol. The molecule has 0 unspecified atom stereocenters. The van der Waals surface area contributed by atoms with Gasteiger partial charge in [-0.1, -0.05) is 75.4 Å². The highest BCUT2D eigenvalue weighted by Crippen LogP contribution is 2.27. The van der Waals surface area contributed by atoms with Crippen LogP contribution in [-0.4, -0.2) is 0 Å². The third-order valence-corrected chi connectivity index (χ3v) is 3.06. The van der Waals surface area contributed by atoms with Crippen LogP contribution in [0.15, 0.2) is 54.6 Å². The second-order valence-corrected chi connectivity index (χ2v) is 5.57. The van der Waals surface area contributed by atoms with E-state index in [-0.39, 0.29) is 5.41 Å². The second kappa shape index (κ2) is 4.75. The average Bonchev–Trinajstić information content (AvgIpc) is 2.30. The van der Waals surface area contributed by atoms with Crippen LogP contribution in [0.4, 0.5) is 0 Å². The Kier molecular flexibility index (Phi) is 3.33. The Bertz CT molecular complexity index is 475. The summed E-state index contributed by atoms with van der Waals surface area (Å²) >= 11 is 0. The van der Waals surface area contributed by atoms with Gasteiger partial charge in [-0.3, -0.25) is 0 Å². The zero-order valence-corrected chi connectivity index (χ0v) is 10.9. The Labute approximate surface area is 104 Å². The molecule has 0 spiro atoms. The van der Waals surface area contributed by atoms with Crippen molar-refractivity contribution in [2.75, 3.05) is 0 Å². The maximum Gasteiger partial charge on any atom is -0.00228 e. The van der Waals surface area contributed by atoms with E-state index < -0.39 is 0 Å². The lowest BCUT2D eigenvalue weighted by Gasteiger charge is -2.23. The van der Waals surface area contributed by atoms with E-state index in [2.05, 4.69) is 75.4 Å². The molecule has 0 radical (unpaired) electrons. The van der Waals surface area contributed by atoms with Crippen LogP contribution in [0.3, 0.4) is 0 Å². The summed E-state index contributed by atoms with van der Waals surface area (Å²) in [6, 6.07) is 19.4. The van der Waals surface area contributed by atoms with E-state index in [0.717, 1.165) is 6.42 Å². The zero-order valence-electron chi connectivity index (χ0n) is 10.9. The summed E-state index contributed by atoms with van der Waals surface area (Å²) in [4.78, 5) is 0. The van der Waals surface area contributed by atoms with Crippen molar-refractivity contribution in [2.45, 2.75) is 32.6 Å². The highest BCUT2D eigenvalue weighted by atomic mass is 14.2. The van der Waals surface area contributed by atoms with Gasteiger partial charge in [0.15, 0.2) is 0 Å². The van der Waals surface area contributed by atoms with E-state index in [0.29, 0.717) is 0 Å². The van der Waals surface area contributed by atoms with E-state index >= 15 is 0 Å². The molecule has 2 aromatic rings. The minimum Gasteiger partial charge on any atom is -0.0622 e. The number of hydrogen-bond donors (Lipinski definition) is 0. The van der Waals surface area contributed by atoms with Crippen molar-refractivity contribution in [3.63, 3.8) is 0 Å². The fourth-order valence-electron chi connectivity index (χ4n) is 2.22. The van der Waals surface area contributed by atoms with Crippen molar-refractivity contribution in [1.82, 2.24) is 0 Å². The molecule has 0 aromatic heterocycles. The summed E-state index contributed by atoms with van der Waals surface area (Å²) in [5.74, 6) is 0. The van der Waals surface area contributed by atoms with Crippen LogP contribution >= 0.6 is 0 Å². The first-order valence-electron chi connectivity index (χ1n) is 6.20. The van der Waals surface area contributed by atoms with Gasteiger partial charge in [0.25, 0.3) is 0 Å². The highest BCUT2D eigenvalue weighted by molar-refractivity contribution is 5.36. The van der Waals surface area contributed by atoms with Gasteiger partial charge in [0, 0.05) is 0 Å². The quantitative estimate of drug-likeness (QED) is 0.700. The van der Waals surface area contributed by atoms with Gasteiger partial charge in [0.1, 0.15) is 0 Å². The largest absolute Gasteiger partial charge is 0.0622 e. The minimum absolute atomic E-state index is 0.214. The van der Waals surface area contributed by atoms with Gasteiger partial charge in [-0.2, -0.15) is 0 Å². The first-order valence-corrected chi connectivity index (χ1v) is 6.20. The van der Waals surface area contributed by atoms with Crippen molar-refractivity contribution in [3.05, 3.63) is 71.3 Å². The molecule has 0 saturated carbocycles. The first kappa shape index (κ1) is 11.9. The van der Waals surface area contributed by atoms with Crippen LogP contribution in [0.2, 0.25) is 0 Å². The van der Waals surface area contributed by atoms with Gasteiger partial charge in [-0.15, -0.1) is 0 Å². The summed E-state index contributed by atoms with van der Waals surface area (Å²) < 4.78 is 0. The lowest BCUT2D eigenvalue weighted by molar-refractivity contribution is 0.584. The maximum atomic E-state index is 2.27. The molecular formula is C17H20. The van der Waals surface area contributed by atoms with Crippen LogP contribution < -0.4 is 0 Å². The molecule has 0 fully saturated rings. The summed E-state index contributed by atoms with van der Waals surface area (Å²) in [5, 5.41) is 0. The van der Waals surface area contributed by atoms with Crippen LogP contribution in [0.1, 0.15) is 37.5 Å². The third kappa shape index (κ3) is 2.97. The molecule has 0 aliphatic rings. The van der Waals surface area contributed by atoms with Gasteiger partial charge in [-0.25, -0.2) is 0 Å². The summed E-state index contributed by atoms with van der Waals surface area (Å²) in [5.41, 5.74) is 4.48. The SMILES string of the molecule is CC(C)(C)c1ccccc1Cc1ccccc1. The molecule has 17 heavy (non-hydrogen) atoms. The smallest absolute Gasteiger partial charge is 0.00228 e. The first-order chi connectivity index (χ1) is 8.07. The van der Waals surface area contributed by atoms with Crippen LogP contribution in [0.5, 0.6) is 0 Å². The van der Waals surface area contributed by atoms with Crippen LogP contribution in [0.25, 0.3) is 0 Å². The van der Waals surface area contributed by atoms with Gasteiger partial charge in [-0.05, 0) is 28.5 Å². The molecular weight excluding hydrogens is 204 g/mol. The van der Waals surface area contributed by atoms with E-state index in [1.54, 1.807) is 0 Å². The van der Waals surface area contributed by atoms with Gasteiger partial charge in [0.2, 0.25) is 0 Å². The molecule has 0 N–H and O–H groups in total. The summed E-state index contributed by atoms with van der Waals surface area (Å²) in [6.45, 7) is 6.82. The van der Waals surface area contributed by atoms with E-state index in [1.807, 2.05) is 0 Å². The molecule has 0 heteroatoms.